The molecule has 2 atom stereocenters. The van der Waals surface area contributed by atoms with Gasteiger partial charge in [0, 0.05) is 36.6 Å². The number of amides is 4. The Balaban J connectivity index is 1.53. The highest BCUT2D eigenvalue weighted by atomic mass is 19.1. The van der Waals surface area contributed by atoms with Crippen LogP contribution < -0.4 is 5.32 Å². The molecule has 0 bridgehead atoms. The fourth-order valence-electron chi connectivity index (χ4n) is 4.66. The molecular formula is C23H28FN3O5. The summed E-state index contributed by atoms with van der Waals surface area (Å²) in [6.45, 7) is 6.30. The number of halogens is 1. The summed E-state index contributed by atoms with van der Waals surface area (Å²) in [6.07, 6.45) is 1.41. The number of nitrogens with one attached hydrogen (secondary N) is 1. The smallest absolute Gasteiger partial charge is 0.410 e. The lowest BCUT2D eigenvalue weighted by Gasteiger charge is -2.34. The second-order valence-electron chi connectivity index (χ2n) is 9.66. The zero-order valence-corrected chi connectivity index (χ0v) is 18.6. The number of rotatable bonds is 2. The topological polar surface area (TPSA) is 96.0 Å². The molecule has 0 saturated carbocycles. The van der Waals surface area contributed by atoms with Gasteiger partial charge in [0.2, 0.25) is 11.8 Å². The van der Waals surface area contributed by atoms with E-state index in [0.717, 1.165) is 12.8 Å². The summed E-state index contributed by atoms with van der Waals surface area (Å²) in [7, 11) is 0. The number of hydrogen-bond acceptors (Lipinski definition) is 5. The SMILES string of the molecule is CC(C)(C)OC(=O)N1CCCC(c2ccc3c(c2F)CN(C2CCC(=O)NC2=O)C3=O)C1. The van der Waals surface area contributed by atoms with Gasteiger partial charge in [0.1, 0.15) is 17.5 Å². The number of imide groups is 1. The molecule has 0 spiro atoms. The van der Waals surface area contributed by atoms with Crippen molar-refractivity contribution >= 4 is 23.8 Å². The number of nitrogens with zero attached hydrogens (tertiary/aromatic N) is 2. The quantitative estimate of drug-likeness (QED) is 0.706. The second kappa shape index (κ2) is 8.18. The number of carbonyl (C=O) groups excluding carboxylic acids is 4. The number of likely N-dealkylation sites (tertiary alicyclic amines) is 1. The molecule has 2 unspecified atom stereocenters. The summed E-state index contributed by atoms with van der Waals surface area (Å²) in [6, 6.07) is 2.44. The molecule has 3 aliphatic rings. The fraction of sp³-hybridized carbons (Fsp3) is 0.565. The highest BCUT2D eigenvalue weighted by molar-refractivity contribution is 6.05. The van der Waals surface area contributed by atoms with Crippen LogP contribution in [0, 0.1) is 5.82 Å². The summed E-state index contributed by atoms with van der Waals surface area (Å²) in [5, 5.41) is 2.25. The number of hydrogen-bond donors (Lipinski definition) is 1. The average molecular weight is 445 g/mol. The first-order chi connectivity index (χ1) is 15.0. The van der Waals surface area contributed by atoms with Crippen molar-refractivity contribution in [1.82, 2.24) is 15.1 Å². The number of ether oxygens (including phenoxy) is 1. The van der Waals surface area contributed by atoms with Gasteiger partial charge in [-0.15, -0.1) is 0 Å². The molecule has 32 heavy (non-hydrogen) atoms. The minimum atomic E-state index is -0.784. The van der Waals surface area contributed by atoms with Gasteiger partial charge in [0.25, 0.3) is 5.91 Å². The first kappa shape index (κ1) is 22.2. The van der Waals surface area contributed by atoms with Gasteiger partial charge in [0.05, 0.1) is 6.54 Å². The molecule has 4 rings (SSSR count). The third kappa shape index (κ3) is 4.20. The Kier molecular flexibility index (Phi) is 5.68. The van der Waals surface area contributed by atoms with Crippen molar-refractivity contribution in [2.75, 3.05) is 13.1 Å². The van der Waals surface area contributed by atoms with Crippen LogP contribution in [0.5, 0.6) is 0 Å². The lowest BCUT2D eigenvalue weighted by molar-refractivity contribution is -0.136. The van der Waals surface area contributed by atoms with Crippen molar-refractivity contribution in [3.05, 3.63) is 34.6 Å². The molecule has 0 aliphatic carbocycles. The van der Waals surface area contributed by atoms with Crippen LogP contribution in [0.4, 0.5) is 9.18 Å². The second-order valence-corrected chi connectivity index (χ2v) is 9.66. The molecule has 0 aromatic heterocycles. The summed E-state index contributed by atoms with van der Waals surface area (Å²) >= 11 is 0. The largest absolute Gasteiger partial charge is 0.444 e. The molecule has 2 fully saturated rings. The van der Waals surface area contributed by atoms with Crippen LogP contribution in [0.3, 0.4) is 0 Å². The van der Waals surface area contributed by atoms with E-state index in [2.05, 4.69) is 5.32 Å². The molecule has 8 nitrogen and oxygen atoms in total. The Bertz CT molecular complexity index is 987. The number of fused-ring (bicyclic) bond motifs is 1. The number of carbonyl (C=O) groups is 4. The van der Waals surface area contributed by atoms with Crippen LogP contribution in [0.25, 0.3) is 0 Å². The van der Waals surface area contributed by atoms with Crippen LogP contribution in [-0.4, -0.2) is 58.3 Å². The van der Waals surface area contributed by atoms with Crippen LogP contribution in [0.15, 0.2) is 12.1 Å². The fourth-order valence-corrected chi connectivity index (χ4v) is 4.66. The van der Waals surface area contributed by atoms with Crippen molar-refractivity contribution in [2.45, 2.75) is 70.6 Å². The van der Waals surface area contributed by atoms with Crippen LogP contribution in [0.2, 0.25) is 0 Å². The first-order valence-corrected chi connectivity index (χ1v) is 11.0. The third-order valence-electron chi connectivity index (χ3n) is 6.19. The van der Waals surface area contributed by atoms with E-state index in [1.165, 1.54) is 4.90 Å². The van der Waals surface area contributed by atoms with Gasteiger partial charge >= 0.3 is 6.09 Å². The van der Waals surface area contributed by atoms with Gasteiger partial charge in [-0.05, 0) is 51.7 Å². The van der Waals surface area contributed by atoms with Gasteiger partial charge in [-0.25, -0.2) is 9.18 Å². The van der Waals surface area contributed by atoms with E-state index in [0.29, 0.717) is 18.7 Å². The first-order valence-electron chi connectivity index (χ1n) is 11.0. The van der Waals surface area contributed by atoms with Gasteiger partial charge in [-0.3, -0.25) is 19.7 Å². The van der Waals surface area contributed by atoms with Gasteiger partial charge in [0.15, 0.2) is 0 Å². The maximum absolute atomic E-state index is 15.6. The molecule has 1 aromatic rings. The molecule has 3 aliphatic heterocycles. The maximum atomic E-state index is 15.6. The van der Waals surface area contributed by atoms with E-state index in [-0.39, 0.29) is 42.3 Å². The molecule has 1 aromatic carbocycles. The van der Waals surface area contributed by atoms with Crippen molar-refractivity contribution in [3.63, 3.8) is 0 Å². The normalized spacial score (nSPS) is 23.8. The molecule has 2 saturated heterocycles. The van der Waals surface area contributed by atoms with E-state index in [4.69, 9.17) is 4.74 Å². The molecule has 4 amide bonds. The number of benzene rings is 1. The van der Waals surface area contributed by atoms with Crippen LogP contribution >= 0.6 is 0 Å². The minimum Gasteiger partial charge on any atom is -0.444 e. The maximum Gasteiger partial charge on any atom is 0.410 e. The van der Waals surface area contributed by atoms with Crippen molar-refractivity contribution in [2.24, 2.45) is 0 Å². The van der Waals surface area contributed by atoms with Gasteiger partial charge in [-0.1, -0.05) is 6.07 Å². The van der Waals surface area contributed by atoms with Gasteiger partial charge in [-0.2, -0.15) is 0 Å². The summed E-state index contributed by atoms with van der Waals surface area (Å²) < 4.78 is 21.0. The van der Waals surface area contributed by atoms with Crippen LogP contribution in [0.1, 0.15) is 73.9 Å². The zero-order valence-electron chi connectivity index (χ0n) is 18.6. The average Bonchev–Trinajstić information content (AvgIpc) is 3.04. The summed E-state index contributed by atoms with van der Waals surface area (Å²) in [5.41, 5.74) is 0.375. The van der Waals surface area contributed by atoms with E-state index in [1.54, 1.807) is 37.8 Å². The van der Waals surface area contributed by atoms with Crippen LogP contribution in [-0.2, 0) is 20.9 Å². The molecular weight excluding hydrogens is 417 g/mol. The van der Waals surface area contributed by atoms with Crippen molar-refractivity contribution in [3.8, 4) is 0 Å². The minimum absolute atomic E-state index is 0.0113. The molecule has 0 radical (unpaired) electrons. The summed E-state index contributed by atoms with van der Waals surface area (Å²) in [5.74, 6) is -1.96. The third-order valence-corrected chi connectivity index (χ3v) is 6.19. The van der Waals surface area contributed by atoms with E-state index in [9.17, 15) is 19.2 Å². The summed E-state index contributed by atoms with van der Waals surface area (Å²) in [4.78, 5) is 51.9. The monoisotopic (exact) mass is 445 g/mol. The highest BCUT2D eigenvalue weighted by Gasteiger charge is 2.41. The Morgan fingerprint density at radius 1 is 1.19 bits per heavy atom. The Morgan fingerprint density at radius 2 is 1.94 bits per heavy atom. The van der Waals surface area contributed by atoms with Crippen molar-refractivity contribution < 1.29 is 28.3 Å². The van der Waals surface area contributed by atoms with Gasteiger partial charge < -0.3 is 14.5 Å². The molecule has 1 N–H and O–H groups in total. The Labute approximate surface area is 186 Å². The van der Waals surface area contributed by atoms with Crippen molar-refractivity contribution in [1.29, 1.82) is 0 Å². The molecule has 9 heteroatoms. The van der Waals surface area contributed by atoms with E-state index in [1.807, 2.05) is 0 Å². The Hall–Kier alpha value is -2.97. The van der Waals surface area contributed by atoms with E-state index >= 15 is 4.39 Å². The zero-order chi connectivity index (χ0) is 23.2. The predicted molar refractivity (Wildman–Crippen MR) is 112 cm³/mol. The number of piperidine rings is 2. The van der Waals surface area contributed by atoms with E-state index < -0.39 is 35.4 Å². The lowest BCUT2D eigenvalue weighted by atomic mass is 9.88. The Morgan fingerprint density at radius 3 is 2.62 bits per heavy atom. The molecule has 3 heterocycles. The standard InChI is InChI=1S/C23H28FN3O5/c1-23(2,3)32-22(31)26-10-4-5-13(11-26)14-6-7-15-16(19(14)24)12-27(21(15)30)17-8-9-18(28)25-20(17)29/h6-7,13,17H,4-5,8-12H2,1-3H3,(H,25,28,29). The molecule has 172 valence electrons. The lowest BCUT2D eigenvalue weighted by Crippen LogP contribution is -2.52. The highest BCUT2D eigenvalue weighted by Crippen LogP contribution is 2.36. The predicted octanol–water partition coefficient (Wildman–Crippen LogP) is 2.70.